The number of unbranched alkanes of at least 4 members (excludes halogenated alkanes) is 2. The maximum atomic E-state index is 11.8. The Bertz CT molecular complexity index is 435. The van der Waals surface area contributed by atoms with Crippen LogP contribution in [0.25, 0.3) is 0 Å². The van der Waals surface area contributed by atoms with Gasteiger partial charge in [0.25, 0.3) is 0 Å². The zero-order valence-electron chi connectivity index (χ0n) is 11.4. The van der Waals surface area contributed by atoms with Crippen LogP contribution in [-0.2, 0) is 4.74 Å². The van der Waals surface area contributed by atoms with Crippen LogP contribution in [0, 0.1) is 0 Å². The molecule has 0 fully saturated rings. The van der Waals surface area contributed by atoms with Crippen molar-refractivity contribution >= 4 is 23.3 Å². The third-order valence-corrected chi connectivity index (χ3v) is 2.84. The highest BCUT2D eigenvalue weighted by Crippen LogP contribution is 2.32. The first-order valence-electron chi connectivity index (χ1n) is 6.49. The average Bonchev–Trinajstić information content (AvgIpc) is 2.36. The second-order valence-electron chi connectivity index (χ2n) is 4.16. The van der Waals surface area contributed by atoms with Crippen LogP contribution < -0.4 is 10.5 Å². The first kappa shape index (κ1) is 15.6. The van der Waals surface area contributed by atoms with Crippen molar-refractivity contribution in [3.63, 3.8) is 0 Å². The molecule has 0 aromatic heterocycles. The third-order valence-electron chi connectivity index (χ3n) is 2.56. The van der Waals surface area contributed by atoms with Crippen LogP contribution in [0.4, 0.5) is 5.69 Å². The topological polar surface area (TPSA) is 61.5 Å². The minimum absolute atomic E-state index is 0.281. The standard InChI is InChI=1S/C14H20ClNO3/c1-3-5-6-7-19-13-11(14(17)18-4-2)8-10(16)9-12(13)15/h8-9H,3-7,16H2,1-2H3. The molecule has 19 heavy (non-hydrogen) atoms. The van der Waals surface area contributed by atoms with Gasteiger partial charge >= 0.3 is 5.97 Å². The van der Waals surface area contributed by atoms with E-state index in [2.05, 4.69) is 6.92 Å². The van der Waals surface area contributed by atoms with Crippen molar-refractivity contribution in [2.75, 3.05) is 18.9 Å². The summed E-state index contributed by atoms with van der Waals surface area (Å²) in [6.07, 6.45) is 3.09. The van der Waals surface area contributed by atoms with Gasteiger partial charge in [0.05, 0.1) is 18.2 Å². The van der Waals surface area contributed by atoms with Gasteiger partial charge in [-0.3, -0.25) is 0 Å². The summed E-state index contributed by atoms with van der Waals surface area (Å²) in [5.41, 5.74) is 6.38. The van der Waals surface area contributed by atoms with Crippen molar-refractivity contribution < 1.29 is 14.3 Å². The molecule has 5 heteroatoms. The molecule has 0 heterocycles. The Morgan fingerprint density at radius 3 is 2.68 bits per heavy atom. The van der Waals surface area contributed by atoms with E-state index in [1.54, 1.807) is 13.0 Å². The summed E-state index contributed by atoms with van der Waals surface area (Å²) < 4.78 is 10.6. The molecule has 2 N–H and O–H groups in total. The molecule has 0 amide bonds. The smallest absolute Gasteiger partial charge is 0.342 e. The SMILES string of the molecule is CCCCCOc1c(Cl)cc(N)cc1C(=O)OCC. The van der Waals surface area contributed by atoms with Gasteiger partial charge in [0.1, 0.15) is 5.56 Å². The molecular formula is C14H20ClNO3. The van der Waals surface area contributed by atoms with Gasteiger partial charge in [-0.05, 0) is 25.5 Å². The summed E-state index contributed by atoms with van der Waals surface area (Å²) in [4.78, 5) is 11.8. The highest BCUT2D eigenvalue weighted by atomic mass is 35.5. The highest BCUT2D eigenvalue weighted by Gasteiger charge is 2.18. The van der Waals surface area contributed by atoms with E-state index in [4.69, 9.17) is 26.8 Å². The second-order valence-corrected chi connectivity index (χ2v) is 4.56. The number of rotatable bonds is 7. The highest BCUT2D eigenvalue weighted by molar-refractivity contribution is 6.33. The van der Waals surface area contributed by atoms with E-state index in [1.165, 1.54) is 6.07 Å². The number of carbonyl (C=O) groups is 1. The van der Waals surface area contributed by atoms with Crippen molar-refractivity contribution in [2.45, 2.75) is 33.1 Å². The molecule has 0 aliphatic carbocycles. The van der Waals surface area contributed by atoms with Crippen molar-refractivity contribution in [3.05, 3.63) is 22.7 Å². The van der Waals surface area contributed by atoms with Gasteiger partial charge in [-0.1, -0.05) is 31.4 Å². The molecule has 1 aromatic carbocycles. The number of nitrogens with two attached hydrogens (primary N) is 1. The van der Waals surface area contributed by atoms with Crippen LogP contribution in [0.1, 0.15) is 43.5 Å². The van der Waals surface area contributed by atoms with Crippen LogP contribution in [-0.4, -0.2) is 19.2 Å². The fourth-order valence-corrected chi connectivity index (χ4v) is 1.93. The summed E-state index contributed by atoms with van der Waals surface area (Å²) >= 11 is 6.08. The van der Waals surface area contributed by atoms with Gasteiger partial charge in [-0.2, -0.15) is 0 Å². The zero-order chi connectivity index (χ0) is 14.3. The number of benzene rings is 1. The summed E-state index contributed by atoms with van der Waals surface area (Å²) in [6.45, 7) is 4.66. The minimum Gasteiger partial charge on any atom is -0.491 e. The Balaban J connectivity index is 2.90. The molecular weight excluding hydrogens is 266 g/mol. The van der Waals surface area contributed by atoms with Crippen LogP contribution in [0.2, 0.25) is 5.02 Å². The molecule has 0 spiro atoms. The van der Waals surface area contributed by atoms with E-state index in [9.17, 15) is 4.79 Å². The molecule has 0 radical (unpaired) electrons. The van der Waals surface area contributed by atoms with Gasteiger partial charge in [0.15, 0.2) is 5.75 Å². The van der Waals surface area contributed by atoms with Gasteiger partial charge in [0.2, 0.25) is 0 Å². The summed E-state index contributed by atoms with van der Waals surface area (Å²) in [5, 5.41) is 0.333. The molecule has 0 unspecified atom stereocenters. The predicted molar refractivity (Wildman–Crippen MR) is 76.8 cm³/mol. The normalized spacial score (nSPS) is 10.3. The number of carbonyl (C=O) groups excluding carboxylic acids is 1. The number of hydrogen-bond acceptors (Lipinski definition) is 4. The first-order chi connectivity index (χ1) is 9.10. The molecule has 0 atom stereocenters. The summed E-state index contributed by atoms with van der Waals surface area (Å²) in [5.74, 6) is -0.118. The average molecular weight is 286 g/mol. The van der Waals surface area contributed by atoms with Gasteiger partial charge < -0.3 is 15.2 Å². The van der Waals surface area contributed by atoms with E-state index < -0.39 is 5.97 Å². The summed E-state index contributed by atoms with van der Waals surface area (Å²) in [6, 6.07) is 3.10. The van der Waals surface area contributed by atoms with Crippen LogP contribution in [0.5, 0.6) is 5.75 Å². The van der Waals surface area contributed by atoms with Crippen LogP contribution >= 0.6 is 11.6 Å². The molecule has 0 bridgehead atoms. The molecule has 0 aliphatic heterocycles. The lowest BCUT2D eigenvalue weighted by atomic mass is 10.1. The lowest BCUT2D eigenvalue weighted by Crippen LogP contribution is -2.10. The number of esters is 1. The Labute approximate surface area is 118 Å². The van der Waals surface area contributed by atoms with Crippen molar-refractivity contribution in [1.29, 1.82) is 0 Å². The molecule has 1 aromatic rings. The summed E-state index contributed by atoms with van der Waals surface area (Å²) in [7, 11) is 0. The van der Waals surface area contributed by atoms with Gasteiger partial charge in [0, 0.05) is 5.69 Å². The monoisotopic (exact) mass is 285 g/mol. The Hall–Kier alpha value is -1.42. The van der Waals surface area contributed by atoms with E-state index in [1.807, 2.05) is 0 Å². The quantitative estimate of drug-likeness (QED) is 0.472. The fourth-order valence-electron chi connectivity index (χ4n) is 1.65. The van der Waals surface area contributed by atoms with Crippen molar-refractivity contribution in [2.24, 2.45) is 0 Å². The lowest BCUT2D eigenvalue weighted by Gasteiger charge is -2.13. The molecule has 1 rings (SSSR count). The number of anilines is 1. The molecule has 0 aliphatic rings. The molecule has 106 valence electrons. The Morgan fingerprint density at radius 1 is 1.32 bits per heavy atom. The fraction of sp³-hybridized carbons (Fsp3) is 0.500. The minimum atomic E-state index is -0.470. The number of halogens is 1. The van der Waals surface area contributed by atoms with Gasteiger partial charge in [-0.15, -0.1) is 0 Å². The second kappa shape index (κ2) is 7.89. The Kier molecular flexibility index (Phi) is 6.50. The first-order valence-corrected chi connectivity index (χ1v) is 6.86. The maximum absolute atomic E-state index is 11.8. The van der Waals surface area contributed by atoms with E-state index in [0.717, 1.165) is 19.3 Å². The molecule has 0 saturated heterocycles. The zero-order valence-corrected chi connectivity index (χ0v) is 12.1. The Morgan fingerprint density at radius 2 is 2.05 bits per heavy atom. The van der Waals surface area contributed by atoms with Crippen molar-refractivity contribution in [3.8, 4) is 5.75 Å². The van der Waals surface area contributed by atoms with Crippen molar-refractivity contribution in [1.82, 2.24) is 0 Å². The molecule has 4 nitrogen and oxygen atoms in total. The van der Waals surface area contributed by atoms with E-state index in [-0.39, 0.29) is 5.56 Å². The number of hydrogen-bond donors (Lipinski definition) is 1. The van der Waals surface area contributed by atoms with E-state index >= 15 is 0 Å². The van der Waals surface area contributed by atoms with E-state index in [0.29, 0.717) is 29.7 Å². The number of ether oxygens (including phenoxy) is 2. The molecule has 0 saturated carbocycles. The van der Waals surface area contributed by atoms with Crippen LogP contribution in [0.3, 0.4) is 0 Å². The third kappa shape index (κ3) is 4.63. The lowest BCUT2D eigenvalue weighted by molar-refractivity contribution is 0.0521. The maximum Gasteiger partial charge on any atom is 0.342 e. The largest absolute Gasteiger partial charge is 0.491 e. The number of nitrogen functional groups attached to an aromatic ring is 1. The predicted octanol–water partition coefficient (Wildman–Crippen LogP) is 3.67. The van der Waals surface area contributed by atoms with Gasteiger partial charge in [-0.25, -0.2) is 4.79 Å². The van der Waals surface area contributed by atoms with Crippen LogP contribution in [0.15, 0.2) is 12.1 Å².